The third-order valence-electron chi connectivity index (χ3n) is 5.56. The molecule has 0 bridgehead atoms. The Kier molecular flexibility index (Phi) is 6.91. The Morgan fingerprint density at radius 3 is 2.46 bits per heavy atom. The van der Waals surface area contributed by atoms with Crippen LogP contribution in [0.5, 0.6) is 5.75 Å². The summed E-state index contributed by atoms with van der Waals surface area (Å²) in [4.78, 5) is 28.6. The zero-order chi connectivity index (χ0) is 25.1. The number of halogens is 1. The molecule has 11 heteroatoms. The van der Waals surface area contributed by atoms with Gasteiger partial charge in [0.2, 0.25) is 0 Å². The molecule has 2 unspecified atom stereocenters. The van der Waals surface area contributed by atoms with Gasteiger partial charge in [-0.2, -0.15) is 5.26 Å². The highest BCUT2D eigenvalue weighted by Crippen LogP contribution is 2.23. The van der Waals surface area contributed by atoms with E-state index in [0.29, 0.717) is 16.4 Å². The minimum absolute atomic E-state index is 0.0253. The number of benzene rings is 2. The van der Waals surface area contributed by atoms with Crippen molar-refractivity contribution in [2.24, 2.45) is 14.1 Å². The molecule has 0 spiro atoms. The van der Waals surface area contributed by atoms with Gasteiger partial charge in [-0.05, 0) is 42.0 Å². The molecule has 0 radical (unpaired) electrons. The highest BCUT2D eigenvalue weighted by Gasteiger charge is 2.17. The second-order valence-electron chi connectivity index (χ2n) is 8.02. The summed E-state index contributed by atoms with van der Waals surface area (Å²) in [5, 5.41) is 23.8. The van der Waals surface area contributed by atoms with Gasteiger partial charge in [-0.15, -0.1) is 0 Å². The maximum atomic E-state index is 12.3. The van der Waals surface area contributed by atoms with Crippen LogP contribution in [-0.2, 0) is 20.6 Å². The van der Waals surface area contributed by atoms with Crippen LogP contribution in [0.4, 0.5) is 5.69 Å². The molecule has 4 aromatic rings. The first-order valence-corrected chi connectivity index (χ1v) is 11.1. The molecule has 0 aliphatic rings. The van der Waals surface area contributed by atoms with E-state index in [9.17, 15) is 20.0 Å². The number of nitrogens with zero attached hydrogens (tertiary/aromatic N) is 5. The number of hydrogen-bond donors (Lipinski definition) is 2. The van der Waals surface area contributed by atoms with E-state index in [-0.39, 0.29) is 18.7 Å². The fourth-order valence-electron chi connectivity index (χ4n) is 3.70. The number of anilines is 1. The van der Waals surface area contributed by atoms with Crippen LogP contribution in [0.2, 0.25) is 5.02 Å². The third-order valence-corrected chi connectivity index (χ3v) is 5.81. The standard InChI is InChI=1S/C24H23ClN6O4/c1-29-22-21(23(33)30(2)24(29)34)27-14-31(22)12-18(32)13-35-19-9-3-15(4-10-19)20(11-26)28-17-7-5-16(25)6-8-17/h3-10,14,18,20,28,32H,12-13H2,1-2H3. The second kappa shape index (κ2) is 10.0. The van der Waals surface area contributed by atoms with Crippen LogP contribution in [0, 0.1) is 11.3 Å². The van der Waals surface area contributed by atoms with E-state index >= 15 is 0 Å². The first-order valence-electron chi connectivity index (χ1n) is 10.7. The number of rotatable bonds is 8. The number of nitriles is 1. The van der Waals surface area contributed by atoms with Crippen molar-refractivity contribution < 1.29 is 9.84 Å². The van der Waals surface area contributed by atoms with Crippen molar-refractivity contribution >= 4 is 28.5 Å². The van der Waals surface area contributed by atoms with Gasteiger partial charge in [0.1, 0.15) is 30.1 Å². The van der Waals surface area contributed by atoms with Crippen LogP contribution in [-0.4, -0.2) is 36.5 Å². The smallest absolute Gasteiger partial charge is 0.332 e. The average molecular weight is 495 g/mol. The molecule has 10 nitrogen and oxygen atoms in total. The molecule has 180 valence electrons. The van der Waals surface area contributed by atoms with Crippen molar-refractivity contribution in [3.8, 4) is 11.8 Å². The van der Waals surface area contributed by atoms with E-state index in [0.717, 1.165) is 15.8 Å². The van der Waals surface area contributed by atoms with E-state index in [1.165, 1.54) is 17.9 Å². The third kappa shape index (κ3) is 5.06. The molecule has 0 saturated heterocycles. The number of aryl methyl sites for hydroxylation is 1. The van der Waals surface area contributed by atoms with Crippen LogP contribution in [0.15, 0.2) is 64.4 Å². The van der Waals surface area contributed by atoms with Crippen molar-refractivity contribution in [2.45, 2.75) is 18.7 Å². The summed E-state index contributed by atoms with van der Waals surface area (Å²) in [6, 6.07) is 15.7. The summed E-state index contributed by atoms with van der Waals surface area (Å²) in [6.07, 6.45) is 0.490. The van der Waals surface area contributed by atoms with Gasteiger partial charge >= 0.3 is 5.69 Å². The minimum atomic E-state index is -0.926. The van der Waals surface area contributed by atoms with Gasteiger partial charge in [0.25, 0.3) is 5.56 Å². The normalized spacial score (nSPS) is 12.8. The lowest BCUT2D eigenvalue weighted by atomic mass is 10.1. The molecule has 2 aromatic carbocycles. The molecule has 0 amide bonds. The predicted octanol–water partition coefficient (Wildman–Crippen LogP) is 2.20. The zero-order valence-corrected chi connectivity index (χ0v) is 19.8. The Morgan fingerprint density at radius 2 is 1.80 bits per heavy atom. The summed E-state index contributed by atoms with van der Waals surface area (Å²) in [6.45, 7) is 0.0546. The maximum Gasteiger partial charge on any atom is 0.332 e. The lowest BCUT2D eigenvalue weighted by Gasteiger charge is -2.16. The molecular weight excluding hydrogens is 472 g/mol. The van der Waals surface area contributed by atoms with Crippen molar-refractivity contribution in [3.05, 3.63) is 86.3 Å². The fraction of sp³-hybridized carbons (Fsp3) is 0.250. The number of aliphatic hydroxyl groups excluding tert-OH is 1. The first-order chi connectivity index (χ1) is 16.8. The molecule has 2 N–H and O–H groups in total. The molecule has 2 heterocycles. The van der Waals surface area contributed by atoms with Crippen LogP contribution < -0.4 is 21.3 Å². The molecular formula is C24H23ClN6O4. The zero-order valence-electron chi connectivity index (χ0n) is 19.1. The number of aromatic nitrogens is 4. The van der Waals surface area contributed by atoms with Crippen molar-refractivity contribution in [1.82, 2.24) is 18.7 Å². The van der Waals surface area contributed by atoms with Gasteiger partial charge < -0.3 is 19.7 Å². The quantitative estimate of drug-likeness (QED) is 0.384. The highest BCUT2D eigenvalue weighted by atomic mass is 35.5. The van der Waals surface area contributed by atoms with E-state index in [1.54, 1.807) is 60.1 Å². The largest absolute Gasteiger partial charge is 0.491 e. The van der Waals surface area contributed by atoms with Crippen molar-refractivity contribution in [3.63, 3.8) is 0 Å². The summed E-state index contributed by atoms with van der Waals surface area (Å²) < 4.78 is 9.55. The number of ether oxygens (including phenoxy) is 1. The minimum Gasteiger partial charge on any atom is -0.491 e. The Morgan fingerprint density at radius 1 is 1.11 bits per heavy atom. The predicted molar refractivity (Wildman–Crippen MR) is 132 cm³/mol. The first kappa shape index (κ1) is 24.1. The molecule has 0 aliphatic carbocycles. The van der Waals surface area contributed by atoms with E-state index in [4.69, 9.17) is 16.3 Å². The van der Waals surface area contributed by atoms with Gasteiger partial charge in [-0.1, -0.05) is 23.7 Å². The van der Waals surface area contributed by atoms with Gasteiger partial charge in [0, 0.05) is 24.8 Å². The average Bonchev–Trinajstić information content (AvgIpc) is 3.28. The van der Waals surface area contributed by atoms with Crippen LogP contribution in [0.25, 0.3) is 11.2 Å². The van der Waals surface area contributed by atoms with Gasteiger partial charge in [-0.25, -0.2) is 9.78 Å². The highest BCUT2D eigenvalue weighted by molar-refractivity contribution is 6.30. The summed E-state index contributed by atoms with van der Waals surface area (Å²) in [5.41, 5.74) is 1.04. The Hall–Kier alpha value is -4.07. The Labute approximate surface area is 205 Å². The molecule has 2 atom stereocenters. The van der Waals surface area contributed by atoms with E-state index in [1.807, 2.05) is 0 Å². The number of nitrogens with one attached hydrogen (secondary N) is 1. The Balaban J connectivity index is 1.39. The van der Waals surface area contributed by atoms with Gasteiger partial charge in [0.15, 0.2) is 5.52 Å². The molecule has 35 heavy (non-hydrogen) atoms. The summed E-state index contributed by atoms with van der Waals surface area (Å²) >= 11 is 5.90. The van der Waals surface area contributed by atoms with Crippen molar-refractivity contribution in [2.75, 3.05) is 11.9 Å². The molecule has 0 saturated carbocycles. The lowest BCUT2D eigenvalue weighted by Crippen LogP contribution is -2.37. The van der Waals surface area contributed by atoms with Crippen molar-refractivity contribution in [1.29, 1.82) is 5.26 Å². The monoisotopic (exact) mass is 494 g/mol. The molecule has 0 fully saturated rings. The van der Waals surface area contributed by atoms with Gasteiger partial charge in [0.05, 0.1) is 18.9 Å². The summed E-state index contributed by atoms with van der Waals surface area (Å²) in [7, 11) is 2.94. The molecule has 0 aliphatic heterocycles. The second-order valence-corrected chi connectivity index (χ2v) is 8.46. The van der Waals surface area contributed by atoms with Crippen LogP contribution >= 0.6 is 11.6 Å². The van der Waals surface area contributed by atoms with Crippen LogP contribution in [0.3, 0.4) is 0 Å². The SMILES string of the molecule is Cn1c(=O)c2ncn(CC(O)COc3ccc(C(C#N)Nc4ccc(Cl)cc4)cc3)c2n(C)c1=O. The Bertz CT molecular complexity index is 1500. The maximum absolute atomic E-state index is 12.3. The fourth-order valence-corrected chi connectivity index (χ4v) is 3.83. The number of fused-ring (bicyclic) bond motifs is 1. The summed E-state index contributed by atoms with van der Waals surface area (Å²) in [5.74, 6) is 0.521. The molecule has 2 aromatic heterocycles. The van der Waals surface area contributed by atoms with E-state index in [2.05, 4.69) is 16.4 Å². The van der Waals surface area contributed by atoms with Crippen LogP contribution in [0.1, 0.15) is 11.6 Å². The number of imidazole rings is 1. The lowest BCUT2D eigenvalue weighted by molar-refractivity contribution is 0.0931. The number of hydrogen-bond acceptors (Lipinski definition) is 7. The van der Waals surface area contributed by atoms with E-state index < -0.39 is 23.4 Å². The molecule has 4 rings (SSSR count). The topological polar surface area (TPSA) is 127 Å². The number of aliphatic hydroxyl groups is 1. The van der Waals surface area contributed by atoms with Gasteiger partial charge in [-0.3, -0.25) is 13.9 Å².